The number of ether oxygens (including phenoxy) is 1. The highest BCUT2D eigenvalue weighted by molar-refractivity contribution is 6.24. The van der Waals surface area contributed by atoms with Gasteiger partial charge in [-0.25, -0.2) is 10.4 Å². The monoisotopic (exact) mass is 375 g/mol. The van der Waals surface area contributed by atoms with Crippen LogP contribution in [0.15, 0.2) is 0 Å². The van der Waals surface area contributed by atoms with Gasteiger partial charge in [0, 0.05) is 22.7 Å². The van der Waals surface area contributed by atoms with E-state index in [0.29, 0.717) is 18.6 Å². The van der Waals surface area contributed by atoms with Gasteiger partial charge in [0.15, 0.2) is 0 Å². The van der Waals surface area contributed by atoms with Gasteiger partial charge in [0.1, 0.15) is 6.61 Å². The quantitative estimate of drug-likeness (QED) is 0.552. The summed E-state index contributed by atoms with van der Waals surface area (Å²) in [6.45, 7) is 8.77. The number of alkyl halides is 2. The Labute approximate surface area is 156 Å². The van der Waals surface area contributed by atoms with Crippen molar-refractivity contribution in [3.8, 4) is 12.3 Å². The maximum Gasteiger partial charge on any atom is 0.107 e. The molecule has 0 spiro atoms. The molecule has 1 heterocycles. The third-order valence-corrected chi connectivity index (χ3v) is 6.04. The fourth-order valence-corrected chi connectivity index (χ4v) is 4.72. The van der Waals surface area contributed by atoms with Crippen molar-refractivity contribution in [3.63, 3.8) is 0 Å². The largest absolute Gasteiger partial charge is 0.365 e. The van der Waals surface area contributed by atoms with Crippen molar-refractivity contribution in [3.05, 3.63) is 0 Å². The van der Waals surface area contributed by atoms with E-state index in [1.165, 1.54) is 0 Å². The topological polar surface area (TPSA) is 36.5 Å². The lowest BCUT2D eigenvalue weighted by Crippen LogP contribution is -2.51. The molecular formula is C18H31Cl2N3O. The van der Waals surface area contributed by atoms with Gasteiger partial charge >= 0.3 is 0 Å². The van der Waals surface area contributed by atoms with E-state index in [-0.39, 0.29) is 22.3 Å². The SMILES string of the molecule is C#CCOC(CC(N1CNCN1)C(C)(C)C)C1CCC(Cl)CC1Cl. The molecule has 0 aromatic heterocycles. The molecule has 0 aromatic rings. The van der Waals surface area contributed by atoms with Crippen molar-refractivity contribution >= 4 is 23.2 Å². The van der Waals surface area contributed by atoms with Crippen molar-refractivity contribution in [1.29, 1.82) is 0 Å². The molecule has 1 saturated carbocycles. The van der Waals surface area contributed by atoms with E-state index in [0.717, 1.165) is 39.0 Å². The molecule has 0 bridgehead atoms. The Kier molecular flexibility index (Phi) is 7.67. The maximum atomic E-state index is 6.65. The first-order valence-electron chi connectivity index (χ1n) is 8.87. The van der Waals surface area contributed by atoms with Crippen LogP contribution in [-0.4, -0.2) is 47.9 Å². The van der Waals surface area contributed by atoms with E-state index in [9.17, 15) is 0 Å². The van der Waals surface area contributed by atoms with E-state index in [1.54, 1.807) is 0 Å². The first-order chi connectivity index (χ1) is 11.3. The highest BCUT2D eigenvalue weighted by Gasteiger charge is 2.40. The van der Waals surface area contributed by atoms with Crippen LogP contribution in [0.1, 0.15) is 46.5 Å². The fraction of sp³-hybridized carbons (Fsp3) is 0.889. The molecule has 0 aromatic carbocycles. The van der Waals surface area contributed by atoms with E-state index >= 15 is 0 Å². The second-order valence-corrected chi connectivity index (χ2v) is 9.15. The van der Waals surface area contributed by atoms with Gasteiger partial charge in [-0.05, 0) is 31.1 Å². The number of nitrogens with one attached hydrogen (secondary N) is 2. The molecule has 1 aliphatic heterocycles. The highest BCUT2D eigenvalue weighted by atomic mass is 35.5. The molecule has 5 unspecified atom stereocenters. The smallest absolute Gasteiger partial charge is 0.107 e. The van der Waals surface area contributed by atoms with Gasteiger partial charge in [-0.3, -0.25) is 5.32 Å². The van der Waals surface area contributed by atoms with Crippen molar-refractivity contribution in [2.45, 2.75) is 69.4 Å². The first kappa shape index (κ1) is 20.3. The van der Waals surface area contributed by atoms with E-state index in [2.05, 4.69) is 42.4 Å². The maximum absolute atomic E-state index is 6.65. The molecule has 6 heteroatoms. The van der Waals surface area contributed by atoms with Crippen LogP contribution in [0.2, 0.25) is 0 Å². The Hall–Kier alpha value is -0.0200. The Morgan fingerprint density at radius 2 is 2.08 bits per heavy atom. The average Bonchev–Trinajstić information content (AvgIpc) is 3.01. The lowest BCUT2D eigenvalue weighted by Gasteiger charge is -2.42. The van der Waals surface area contributed by atoms with E-state index in [1.807, 2.05) is 0 Å². The zero-order valence-corrected chi connectivity index (χ0v) is 16.5. The third-order valence-electron chi connectivity index (χ3n) is 5.14. The molecule has 1 saturated heterocycles. The summed E-state index contributed by atoms with van der Waals surface area (Å²) >= 11 is 12.9. The van der Waals surface area contributed by atoms with Crippen molar-refractivity contribution in [2.24, 2.45) is 11.3 Å². The molecule has 2 rings (SSSR count). The minimum atomic E-state index is 0.0503. The second-order valence-electron chi connectivity index (χ2n) is 7.97. The summed E-state index contributed by atoms with van der Waals surface area (Å²) in [5.41, 5.74) is 3.53. The molecule has 0 radical (unpaired) electrons. The molecule has 5 atom stereocenters. The second kappa shape index (κ2) is 9.07. The summed E-state index contributed by atoms with van der Waals surface area (Å²) in [7, 11) is 0. The highest BCUT2D eigenvalue weighted by Crippen LogP contribution is 2.38. The summed E-state index contributed by atoms with van der Waals surface area (Å²) in [4.78, 5) is 0. The zero-order chi connectivity index (χ0) is 17.7. The summed E-state index contributed by atoms with van der Waals surface area (Å²) < 4.78 is 6.08. The number of terminal acetylenes is 1. The molecule has 4 nitrogen and oxygen atoms in total. The molecule has 2 fully saturated rings. The van der Waals surface area contributed by atoms with Crippen molar-refractivity contribution in [1.82, 2.24) is 15.8 Å². The zero-order valence-electron chi connectivity index (χ0n) is 15.0. The molecular weight excluding hydrogens is 345 g/mol. The van der Waals surface area contributed by atoms with Crippen LogP contribution in [0, 0.1) is 23.7 Å². The number of hydrogen-bond donors (Lipinski definition) is 2. The number of hydrazine groups is 1. The number of rotatable bonds is 6. The van der Waals surface area contributed by atoms with Gasteiger partial charge in [-0.1, -0.05) is 26.7 Å². The van der Waals surface area contributed by atoms with Crippen LogP contribution in [0.4, 0.5) is 0 Å². The van der Waals surface area contributed by atoms with Gasteiger partial charge in [-0.2, -0.15) is 0 Å². The standard InChI is InChI=1S/C18H31Cl2N3O/c1-5-8-24-16(14-7-6-13(19)9-15(14)20)10-17(18(2,3)4)23-12-21-11-22-23/h1,13-17,21-22H,6-12H2,2-4H3. The Morgan fingerprint density at radius 1 is 1.33 bits per heavy atom. The van der Waals surface area contributed by atoms with Gasteiger partial charge in [0.25, 0.3) is 0 Å². The van der Waals surface area contributed by atoms with Gasteiger partial charge in [-0.15, -0.1) is 29.6 Å². The molecule has 2 aliphatic rings. The van der Waals surface area contributed by atoms with Gasteiger partial charge in [0.05, 0.1) is 19.4 Å². The third kappa shape index (κ3) is 5.49. The Balaban J connectivity index is 2.11. The molecule has 24 heavy (non-hydrogen) atoms. The Bertz CT molecular complexity index is 429. The number of halogens is 2. The van der Waals surface area contributed by atoms with Crippen molar-refractivity contribution in [2.75, 3.05) is 19.9 Å². The van der Waals surface area contributed by atoms with Gasteiger partial charge in [0.2, 0.25) is 0 Å². The normalized spacial score (nSPS) is 31.6. The predicted octanol–water partition coefficient (Wildman–Crippen LogP) is 3.15. The Morgan fingerprint density at radius 3 is 2.62 bits per heavy atom. The van der Waals surface area contributed by atoms with Crippen LogP contribution >= 0.6 is 23.2 Å². The van der Waals surface area contributed by atoms with Crippen LogP contribution in [0.5, 0.6) is 0 Å². The summed E-state index contributed by atoms with van der Waals surface area (Å²) in [6.07, 6.45) is 9.23. The predicted molar refractivity (Wildman–Crippen MR) is 101 cm³/mol. The van der Waals surface area contributed by atoms with Crippen molar-refractivity contribution < 1.29 is 4.74 Å². The summed E-state index contributed by atoms with van der Waals surface area (Å²) in [5, 5.41) is 5.84. The fourth-order valence-electron chi connectivity index (χ4n) is 3.81. The lowest BCUT2D eigenvalue weighted by molar-refractivity contribution is -0.0296. The minimum Gasteiger partial charge on any atom is -0.365 e. The van der Waals surface area contributed by atoms with E-state index in [4.69, 9.17) is 34.4 Å². The van der Waals surface area contributed by atoms with E-state index < -0.39 is 0 Å². The molecule has 2 N–H and O–H groups in total. The lowest BCUT2D eigenvalue weighted by atomic mass is 9.77. The molecule has 0 amide bonds. The minimum absolute atomic E-state index is 0.0503. The number of hydrogen-bond acceptors (Lipinski definition) is 4. The van der Waals surface area contributed by atoms with Gasteiger partial charge < -0.3 is 4.74 Å². The number of nitrogens with zero attached hydrogens (tertiary/aromatic N) is 1. The van der Waals surface area contributed by atoms with Crippen LogP contribution in [-0.2, 0) is 4.74 Å². The molecule has 138 valence electrons. The van der Waals surface area contributed by atoms with Crippen LogP contribution in [0.3, 0.4) is 0 Å². The first-order valence-corrected chi connectivity index (χ1v) is 9.74. The molecule has 1 aliphatic carbocycles. The summed E-state index contributed by atoms with van der Waals surface area (Å²) in [5.74, 6) is 2.91. The van der Waals surface area contributed by atoms with Crippen LogP contribution < -0.4 is 10.7 Å². The van der Waals surface area contributed by atoms with Crippen LogP contribution in [0.25, 0.3) is 0 Å². The summed E-state index contributed by atoms with van der Waals surface area (Å²) in [6, 6.07) is 0.327. The average molecular weight is 376 g/mol.